The summed E-state index contributed by atoms with van der Waals surface area (Å²) in [6.07, 6.45) is -2.16. The number of methoxy groups -OCH3 is 1. The van der Waals surface area contributed by atoms with E-state index in [0.29, 0.717) is 0 Å². The zero-order chi connectivity index (χ0) is 12.3. The SMILES string of the molecule is COc1cnc(CC(=O)O)c(C(F)F)c1Br. The van der Waals surface area contributed by atoms with Gasteiger partial charge in [-0.2, -0.15) is 0 Å². The second-order valence-corrected chi connectivity index (χ2v) is 3.67. The zero-order valence-corrected chi connectivity index (χ0v) is 9.79. The van der Waals surface area contributed by atoms with Crippen LogP contribution < -0.4 is 4.74 Å². The average molecular weight is 296 g/mol. The van der Waals surface area contributed by atoms with Crippen molar-refractivity contribution in [3.63, 3.8) is 0 Å². The molecule has 0 atom stereocenters. The molecule has 0 spiro atoms. The molecule has 4 nitrogen and oxygen atoms in total. The Bertz CT molecular complexity index is 412. The molecule has 0 aromatic carbocycles. The maximum atomic E-state index is 12.7. The molecule has 7 heteroatoms. The number of pyridine rings is 1. The third-order valence-corrected chi connectivity index (χ3v) is 2.68. The number of hydrogen-bond acceptors (Lipinski definition) is 3. The van der Waals surface area contributed by atoms with E-state index in [-0.39, 0.29) is 15.9 Å². The number of alkyl halides is 2. The number of aromatic nitrogens is 1. The summed E-state index contributed by atoms with van der Waals surface area (Å²) in [5.41, 5.74) is -0.614. The molecular formula is C9H8BrF2NO3. The normalized spacial score (nSPS) is 10.6. The maximum Gasteiger partial charge on any atom is 0.309 e. The summed E-state index contributed by atoms with van der Waals surface area (Å²) in [5.74, 6) is -1.07. The fourth-order valence-corrected chi connectivity index (χ4v) is 1.84. The Labute approximate surface area is 98.4 Å². The number of rotatable bonds is 4. The highest BCUT2D eigenvalue weighted by Crippen LogP contribution is 2.36. The molecule has 16 heavy (non-hydrogen) atoms. The fourth-order valence-electron chi connectivity index (χ4n) is 1.17. The van der Waals surface area contributed by atoms with Gasteiger partial charge in [-0.25, -0.2) is 8.78 Å². The molecule has 1 rings (SSSR count). The minimum absolute atomic E-state index is 0.0382. The lowest BCUT2D eigenvalue weighted by atomic mass is 10.1. The number of aliphatic carboxylic acids is 1. The van der Waals surface area contributed by atoms with Crippen LogP contribution in [0.3, 0.4) is 0 Å². The van der Waals surface area contributed by atoms with Crippen LogP contribution in [0.25, 0.3) is 0 Å². The van der Waals surface area contributed by atoms with E-state index in [1.165, 1.54) is 13.3 Å². The Kier molecular flexibility index (Phi) is 4.17. The summed E-state index contributed by atoms with van der Waals surface area (Å²) >= 11 is 2.94. The lowest BCUT2D eigenvalue weighted by molar-refractivity contribution is -0.136. The molecule has 0 aliphatic heterocycles. The van der Waals surface area contributed by atoms with E-state index in [2.05, 4.69) is 20.9 Å². The monoisotopic (exact) mass is 295 g/mol. The first-order valence-electron chi connectivity index (χ1n) is 4.18. The van der Waals surface area contributed by atoms with Crippen LogP contribution >= 0.6 is 15.9 Å². The van der Waals surface area contributed by atoms with Gasteiger partial charge in [0.15, 0.2) is 5.75 Å². The molecule has 0 saturated carbocycles. The van der Waals surface area contributed by atoms with Crippen molar-refractivity contribution in [3.05, 3.63) is 21.9 Å². The molecule has 0 aliphatic rings. The predicted octanol–water partition coefficient (Wildman–Crippen LogP) is 2.42. The molecule has 0 saturated heterocycles. The lowest BCUT2D eigenvalue weighted by Gasteiger charge is -2.11. The highest BCUT2D eigenvalue weighted by Gasteiger charge is 2.22. The summed E-state index contributed by atoms with van der Waals surface area (Å²) in [4.78, 5) is 14.1. The number of ether oxygens (including phenoxy) is 1. The van der Waals surface area contributed by atoms with E-state index in [4.69, 9.17) is 9.84 Å². The minimum Gasteiger partial charge on any atom is -0.494 e. The summed E-state index contributed by atoms with van der Waals surface area (Å²) in [6.45, 7) is 0. The largest absolute Gasteiger partial charge is 0.494 e. The van der Waals surface area contributed by atoms with E-state index in [0.717, 1.165) is 0 Å². The zero-order valence-electron chi connectivity index (χ0n) is 8.21. The Hall–Kier alpha value is -1.24. The third kappa shape index (κ3) is 2.66. The molecule has 0 aliphatic carbocycles. The molecule has 88 valence electrons. The smallest absolute Gasteiger partial charge is 0.309 e. The van der Waals surface area contributed by atoms with Gasteiger partial charge in [-0.3, -0.25) is 9.78 Å². The lowest BCUT2D eigenvalue weighted by Crippen LogP contribution is -2.08. The van der Waals surface area contributed by atoms with Crippen LogP contribution in [0, 0.1) is 0 Å². The first-order chi connectivity index (χ1) is 7.47. The first kappa shape index (κ1) is 12.8. The van der Waals surface area contributed by atoms with Gasteiger partial charge in [-0.1, -0.05) is 0 Å². The van der Waals surface area contributed by atoms with Crippen LogP contribution in [-0.2, 0) is 11.2 Å². The van der Waals surface area contributed by atoms with E-state index in [9.17, 15) is 13.6 Å². The number of carboxylic acids is 1. The van der Waals surface area contributed by atoms with Crippen LogP contribution in [0.5, 0.6) is 5.75 Å². The van der Waals surface area contributed by atoms with Gasteiger partial charge in [0.25, 0.3) is 6.43 Å². The van der Waals surface area contributed by atoms with Gasteiger partial charge < -0.3 is 9.84 Å². The van der Waals surface area contributed by atoms with E-state index in [1.54, 1.807) is 0 Å². The molecule has 0 radical (unpaired) electrons. The molecule has 0 bridgehead atoms. The van der Waals surface area contributed by atoms with Gasteiger partial charge >= 0.3 is 5.97 Å². The van der Waals surface area contributed by atoms with Crippen LogP contribution in [0.2, 0.25) is 0 Å². The van der Waals surface area contributed by atoms with Gasteiger partial charge in [-0.05, 0) is 15.9 Å². The van der Waals surface area contributed by atoms with E-state index < -0.39 is 24.4 Å². The average Bonchev–Trinajstić information content (AvgIpc) is 2.16. The quantitative estimate of drug-likeness (QED) is 0.927. The standard InChI is InChI=1S/C9H8BrF2NO3/c1-16-5-3-13-4(2-6(14)15)7(8(5)10)9(11)12/h3,9H,2H2,1H3,(H,14,15). The van der Waals surface area contributed by atoms with Crippen molar-refractivity contribution in [2.45, 2.75) is 12.8 Å². The summed E-state index contributed by atoms with van der Waals surface area (Å²) in [5, 5.41) is 8.56. The minimum atomic E-state index is -2.81. The molecule has 0 amide bonds. The fraction of sp³-hybridized carbons (Fsp3) is 0.333. The Morgan fingerprint density at radius 2 is 2.31 bits per heavy atom. The van der Waals surface area contributed by atoms with Crippen molar-refractivity contribution in [3.8, 4) is 5.75 Å². The highest BCUT2D eigenvalue weighted by molar-refractivity contribution is 9.10. The van der Waals surface area contributed by atoms with Crippen LogP contribution in [-0.4, -0.2) is 23.2 Å². The van der Waals surface area contributed by atoms with E-state index >= 15 is 0 Å². The molecular weight excluding hydrogens is 288 g/mol. The van der Waals surface area contributed by atoms with Crippen molar-refractivity contribution in [1.29, 1.82) is 0 Å². The molecule has 0 fully saturated rings. The van der Waals surface area contributed by atoms with Gasteiger partial charge in [0.1, 0.15) is 0 Å². The van der Waals surface area contributed by atoms with Crippen molar-refractivity contribution < 1.29 is 23.4 Å². The van der Waals surface area contributed by atoms with Gasteiger partial charge in [0.05, 0.1) is 35.5 Å². The van der Waals surface area contributed by atoms with Crippen LogP contribution in [0.1, 0.15) is 17.7 Å². The molecule has 1 heterocycles. The second kappa shape index (κ2) is 5.20. The Morgan fingerprint density at radius 3 is 2.75 bits per heavy atom. The predicted molar refractivity (Wildman–Crippen MR) is 54.8 cm³/mol. The van der Waals surface area contributed by atoms with E-state index in [1.807, 2.05) is 0 Å². The van der Waals surface area contributed by atoms with Crippen LogP contribution in [0.15, 0.2) is 10.7 Å². The summed E-state index contributed by atoms with van der Waals surface area (Å²) in [7, 11) is 1.31. The topological polar surface area (TPSA) is 59.4 Å². The second-order valence-electron chi connectivity index (χ2n) is 2.87. The van der Waals surface area contributed by atoms with Crippen molar-refractivity contribution in [2.75, 3.05) is 7.11 Å². The Morgan fingerprint density at radius 1 is 1.69 bits per heavy atom. The van der Waals surface area contributed by atoms with Gasteiger partial charge in [-0.15, -0.1) is 0 Å². The summed E-state index contributed by atoms with van der Waals surface area (Å²) < 4.78 is 30.3. The maximum absolute atomic E-state index is 12.7. The van der Waals surface area contributed by atoms with Gasteiger partial charge in [0.2, 0.25) is 0 Å². The molecule has 1 aromatic rings. The van der Waals surface area contributed by atoms with Crippen LogP contribution in [0.4, 0.5) is 8.78 Å². The van der Waals surface area contributed by atoms with Crippen molar-refractivity contribution >= 4 is 21.9 Å². The number of carbonyl (C=O) groups is 1. The van der Waals surface area contributed by atoms with Crippen molar-refractivity contribution in [1.82, 2.24) is 4.98 Å². The number of nitrogens with zero attached hydrogens (tertiary/aromatic N) is 1. The highest BCUT2D eigenvalue weighted by atomic mass is 79.9. The number of carboxylic acid groups (broad SMARTS) is 1. The van der Waals surface area contributed by atoms with Crippen molar-refractivity contribution in [2.24, 2.45) is 0 Å². The number of hydrogen-bond donors (Lipinski definition) is 1. The molecule has 0 unspecified atom stereocenters. The summed E-state index contributed by atoms with van der Waals surface area (Å²) in [6, 6.07) is 0. The first-order valence-corrected chi connectivity index (χ1v) is 4.97. The van der Waals surface area contributed by atoms with Gasteiger partial charge in [0, 0.05) is 0 Å². The molecule has 1 N–H and O–H groups in total. The molecule has 1 aromatic heterocycles. The Balaban J connectivity index is 3.28. The third-order valence-electron chi connectivity index (χ3n) is 1.86. The number of halogens is 3.